The van der Waals surface area contributed by atoms with Crippen molar-refractivity contribution in [1.82, 2.24) is 14.3 Å². The molecule has 0 spiro atoms. The van der Waals surface area contributed by atoms with Crippen LogP contribution in [0.15, 0.2) is 18.3 Å². The van der Waals surface area contributed by atoms with Crippen LogP contribution in [0.4, 0.5) is 0 Å². The lowest BCUT2D eigenvalue weighted by Gasteiger charge is -2.09. The number of aromatic hydroxyl groups is 1. The molecule has 6 nitrogen and oxygen atoms in total. The number of pyridine rings is 1. The first-order valence-electron chi connectivity index (χ1n) is 6.19. The van der Waals surface area contributed by atoms with Crippen LogP contribution in [0.3, 0.4) is 0 Å². The quantitative estimate of drug-likeness (QED) is 0.848. The molecule has 0 saturated carbocycles. The number of hydrogen-bond acceptors (Lipinski definition) is 4. The number of carboxylic acid groups (broad SMARTS) is 1. The summed E-state index contributed by atoms with van der Waals surface area (Å²) >= 11 is 0. The molecule has 1 saturated heterocycles. The van der Waals surface area contributed by atoms with E-state index in [1.807, 2.05) is 7.05 Å². The molecule has 0 aromatic carbocycles. The molecule has 6 heteroatoms. The molecule has 1 fully saturated rings. The molecule has 0 radical (unpaired) electrons. The van der Waals surface area contributed by atoms with Crippen molar-refractivity contribution in [3.05, 3.63) is 29.8 Å². The van der Waals surface area contributed by atoms with Crippen LogP contribution in [0, 0.1) is 0 Å². The van der Waals surface area contributed by atoms with Gasteiger partial charge in [-0.25, -0.2) is 9.78 Å². The lowest BCUT2D eigenvalue weighted by Crippen LogP contribution is -2.14. The van der Waals surface area contributed by atoms with E-state index in [9.17, 15) is 15.0 Å². The molecular formula is C13H15N3O3. The molecule has 2 N–H and O–H groups in total. The van der Waals surface area contributed by atoms with Gasteiger partial charge < -0.3 is 19.5 Å². The van der Waals surface area contributed by atoms with E-state index < -0.39 is 5.97 Å². The number of nitrogens with zero attached hydrogens (tertiary/aromatic N) is 3. The van der Waals surface area contributed by atoms with Gasteiger partial charge in [0, 0.05) is 24.7 Å². The highest BCUT2D eigenvalue weighted by molar-refractivity contribution is 5.94. The number of imidazole rings is 1. The number of aromatic carboxylic acids is 1. The Morgan fingerprint density at radius 2 is 2.32 bits per heavy atom. The maximum Gasteiger partial charge on any atom is 0.356 e. The topological polar surface area (TPSA) is 78.1 Å². The van der Waals surface area contributed by atoms with Crippen LogP contribution in [0.1, 0.15) is 28.7 Å². The number of rotatable bonds is 2. The van der Waals surface area contributed by atoms with Crippen molar-refractivity contribution in [3.8, 4) is 5.75 Å². The van der Waals surface area contributed by atoms with Gasteiger partial charge in [-0.3, -0.25) is 0 Å². The van der Waals surface area contributed by atoms with E-state index in [4.69, 9.17) is 0 Å². The van der Waals surface area contributed by atoms with Gasteiger partial charge in [-0.15, -0.1) is 0 Å². The first kappa shape index (κ1) is 12.0. The van der Waals surface area contributed by atoms with Crippen LogP contribution in [0.2, 0.25) is 0 Å². The number of fused-ring (bicyclic) bond motifs is 1. The summed E-state index contributed by atoms with van der Waals surface area (Å²) in [6.07, 6.45) is 2.65. The minimum Gasteiger partial charge on any atom is -0.508 e. The molecule has 0 amide bonds. The van der Waals surface area contributed by atoms with E-state index in [1.54, 1.807) is 16.7 Å². The largest absolute Gasteiger partial charge is 0.508 e. The second kappa shape index (κ2) is 4.24. The maximum absolute atomic E-state index is 11.3. The molecule has 3 rings (SSSR count). The Morgan fingerprint density at radius 1 is 1.53 bits per heavy atom. The van der Waals surface area contributed by atoms with E-state index >= 15 is 0 Å². The number of carbonyl (C=O) groups is 1. The zero-order valence-corrected chi connectivity index (χ0v) is 10.6. The Balaban J connectivity index is 2.17. The van der Waals surface area contributed by atoms with Crippen molar-refractivity contribution in [1.29, 1.82) is 0 Å². The van der Waals surface area contributed by atoms with Crippen LogP contribution in [-0.4, -0.2) is 50.6 Å². The van der Waals surface area contributed by atoms with Crippen LogP contribution < -0.4 is 0 Å². The van der Waals surface area contributed by atoms with Gasteiger partial charge >= 0.3 is 5.97 Å². The zero-order chi connectivity index (χ0) is 13.6. The molecule has 19 heavy (non-hydrogen) atoms. The monoisotopic (exact) mass is 261 g/mol. The second-order valence-corrected chi connectivity index (χ2v) is 5.01. The van der Waals surface area contributed by atoms with Crippen LogP contribution in [0.5, 0.6) is 5.75 Å². The second-order valence-electron chi connectivity index (χ2n) is 5.01. The van der Waals surface area contributed by atoms with Gasteiger partial charge in [0.1, 0.15) is 11.6 Å². The van der Waals surface area contributed by atoms with E-state index in [0.717, 1.165) is 25.3 Å². The molecular weight excluding hydrogens is 246 g/mol. The minimum atomic E-state index is -1.07. The van der Waals surface area contributed by atoms with E-state index in [2.05, 4.69) is 9.88 Å². The number of hydrogen-bond donors (Lipinski definition) is 2. The molecule has 0 aliphatic carbocycles. The van der Waals surface area contributed by atoms with Crippen molar-refractivity contribution in [3.63, 3.8) is 0 Å². The van der Waals surface area contributed by atoms with Gasteiger partial charge in [0.15, 0.2) is 5.69 Å². The Morgan fingerprint density at radius 3 is 2.95 bits per heavy atom. The summed E-state index contributed by atoms with van der Waals surface area (Å²) in [6.45, 7) is 1.86. The fourth-order valence-electron chi connectivity index (χ4n) is 2.69. The van der Waals surface area contributed by atoms with Crippen LogP contribution >= 0.6 is 0 Å². The average molecular weight is 261 g/mol. The van der Waals surface area contributed by atoms with Crippen molar-refractivity contribution < 1.29 is 15.0 Å². The third-order valence-corrected chi connectivity index (χ3v) is 3.61. The highest BCUT2D eigenvalue weighted by Crippen LogP contribution is 2.28. The third-order valence-electron chi connectivity index (χ3n) is 3.61. The van der Waals surface area contributed by atoms with Crippen molar-refractivity contribution in [2.45, 2.75) is 12.3 Å². The highest BCUT2D eigenvalue weighted by atomic mass is 16.4. The average Bonchev–Trinajstić information content (AvgIpc) is 2.92. The van der Waals surface area contributed by atoms with E-state index in [0.29, 0.717) is 5.52 Å². The molecule has 2 aromatic heterocycles. The molecule has 2 aromatic rings. The summed E-state index contributed by atoms with van der Waals surface area (Å²) in [5.41, 5.74) is 0.442. The number of likely N-dealkylation sites (N-methyl/N-ethyl adjacent to an activating group) is 1. The summed E-state index contributed by atoms with van der Waals surface area (Å²) in [6, 6.07) is 2.99. The molecule has 0 bridgehead atoms. The summed E-state index contributed by atoms with van der Waals surface area (Å²) in [5, 5.41) is 18.7. The lowest BCUT2D eigenvalue weighted by molar-refractivity contribution is 0.0693. The van der Waals surface area contributed by atoms with Gasteiger partial charge in [0.2, 0.25) is 0 Å². The Labute approximate surface area is 109 Å². The highest BCUT2D eigenvalue weighted by Gasteiger charge is 2.27. The predicted octanol–water partition coefficient (Wildman–Crippen LogP) is 1.16. The molecule has 100 valence electrons. The fraction of sp³-hybridized carbons (Fsp3) is 0.385. The normalized spacial score (nSPS) is 20.2. The smallest absolute Gasteiger partial charge is 0.356 e. The Kier molecular flexibility index (Phi) is 2.67. The summed E-state index contributed by atoms with van der Waals surface area (Å²) in [7, 11) is 2.04. The van der Waals surface area contributed by atoms with Crippen molar-refractivity contribution in [2.75, 3.05) is 20.1 Å². The molecule has 3 heterocycles. The first-order valence-corrected chi connectivity index (χ1v) is 6.19. The Hall–Kier alpha value is -2.08. The molecule has 1 aliphatic heterocycles. The predicted molar refractivity (Wildman–Crippen MR) is 68.7 cm³/mol. The summed E-state index contributed by atoms with van der Waals surface area (Å²) in [4.78, 5) is 17.7. The van der Waals surface area contributed by atoms with E-state index in [-0.39, 0.29) is 17.4 Å². The van der Waals surface area contributed by atoms with Crippen LogP contribution in [0.25, 0.3) is 5.52 Å². The number of aromatic nitrogens is 2. The summed E-state index contributed by atoms with van der Waals surface area (Å²) in [5.74, 6) is -0.0300. The SMILES string of the molecule is CN1CCC(c2nc(C(=O)O)c3cc(O)ccn23)C1. The standard InChI is InChI=1S/C13H15N3O3/c1-15-4-2-8(7-15)12-14-11(13(18)19)10-6-9(17)3-5-16(10)12/h3,5-6,8,17H,2,4,7H2,1H3,(H,18,19). The zero-order valence-electron chi connectivity index (χ0n) is 10.6. The first-order chi connectivity index (χ1) is 9.06. The van der Waals surface area contributed by atoms with Crippen LogP contribution in [-0.2, 0) is 0 Å². The van der Waals surface area contributed by atoms with Gasteiger partial charge in [-0.1, -0.05) is 0 Å². The number of likely N-dealkylation sites (tertiary alicyclic amines) is 1. The van der Waals surface area contributed by atoms with Gasteiger partial charge in [-0.05, 0) is 26.1 Å². The lowest BCUT2D eigenvalue weighted by atomic mass is 10.1. The maximum atomic E-state index is 11.3. The molecule has 1 unspecified atom stereocenters. The molecule has 1 atom stereocenters. The minimum absolute atomic E-state index is 0.000420. The van der Waals surface area contributed by atoms with Gasteiger partial charge in [-0.2, -0.15) is 0 Å². The van der Waals surface area contributed by atoms with E-state index in [1.165, 1.54) is 6.07 Å². The summed E-state index contributed by atoms with van der Waals surface area (Å²) < 4.78 is 1.77. The van der Waals surface area contributed by atoms with Gasteiger partial charge in [0.25, 0.3) is 0 Å². The Bertz CT molecular complexity index is 650. The van der Waals surface area contributed by atoms with Gasteiger partial charge in [0.05, 0.1) is 5.52 Å². The van der Waals surface area contributed by atoms with Crippen molar-refractivity contribution in [2.24, 2.45) is 0 Å². The number of carboxylic acids is 1. The third kappa shape index (κ3) is 1.94. The molecule has 1 aliphatic rings. The van der Waals surface area contributed by atoms with Crippen molar-refractivity contribution >= 4 is 11.5 Å². The fourth-order valence-corrected chi connectivity index (χ4v) is 2.69.